The first-order chi connectivity index (χ1) is 11.2. The van der Waals surface area contributed by atoms with Crippen molar-refractivity contribution in [1.29, 1.82) is 0 Å². The number of rotatable bonds is 4. The van der Waals surface area contributed by atoms with Gasteiger partial charge in [-0.3, -0.25) is 9.48 Å². The molecule has 1 atom stereocenters. The predicted molar refractivity (Wildman–Crippen MR) is 83.9 cm³/mol. The van der Waals surface area contributed by atoms with Crippen molar-refractivity contribution in [3.8, 4) is 5.75 Å². The fourth-order valence-electron chi connectivity index (χ4n) is 3.03. The second-order valence-corrected chi connectivity index (χ2v) is 5.72. The summed E-state index contributed by atoms with van der Waals surface area (Å²) in [5.41, 5.74) is 0.0955. The van der Waals surface area contributed by atoms with Gasteiger partial charge in [-0.15, -0.1) is 0 Å². The third kappa shape index (κ3) is 3.36. The van der Waals surface area contributed by atoms with Crippen LogP contribution in [0.15, 0.2) is 36.7 Å². The van der Waals surface area contributed by atoms with E-state index in [4.69, 9.17) is 4.74 Å². The first-order valence-electron chi connectivity index (χ1n) is 7.81. The van der Waals surface area contributed by atoms with Gasteiger partial charge in [0.2, 0.25) is 0 Å². The molecular formula is C17H20FN3O2. The Bertz CT molecular complexity index is 672. The summed E-state index contributed by atoms with van der Waals surface area (Å²) in [6.07, 6.45) is 6.52. The predicted octanol–water partition coefficient (Wildman–Crippen LogP) is 2.73. The molecule has 2 heterocycles. The number of hydrogen-bond acceptors (Lipinski definition) is 3. The Balaban J connectivity index is 1.80. The highest BCUT2D eigenvalue weighted by molar-refractivity contribution is 5.95. The Morgan fingerprint density at radius 2 is 2.30 bits per heavy atom. The van der Waals surface area contributed by atoms with Gasteiger partial charge in [-0.25, -0.2) is 4.39 Å². The minimum atomic E-state index is -0.544. The van der Waals surface area contributed by atoms with Crippen LogP contribution in [0.4, 0.5) is 4.39 Å². The number of carbonyl (C=O) groups is 1. The maximum absolute atomic E-state index is 14.2. The number of ether oxygens (including phenoxy) is 1. The van der Waals surface area contributed by atoms with Crippen LogP contribution in [0.2, 0.25) is 0 Å². The van der Waals surface area contributed by atoms with E-state index in [2.05, 4.69) is 5.10 Å². The van der Waals surface area contributed by atoms with E-state index in [0.29, 0.717) is 18.8 Å². The van der Waals surface area contributed by atoms with Crippen molar-refractivity contribution in [3.05, 3.63) is 48.0 Å². The van der Waals surface area contributed by atoms with Crippen LogP contribution in [0, 0.1) is 5.82 Å². The largest absolute Gasteiger partial charge is 0.497 e. The van der Waals surface area contributed by atoms with E-state index in [9.17, 15) is 9.18 Å². The van der Waals surface area contributed by atoms with Gasteiger partial charge in [0.25, 0.3) is 5.91 Å². The summed E-state index contributed by atoms with van der Waals surface area (Å²) in [5.74, 6) is -0.398. The number of carbonyl (C=O) groups excluding carboxylic acids is 1. The van der Waals surface area contributed by atoms with Gasteiger partial charge in [-0.05, 0) is 37.5 Å². The van der Waals surface area contributed by atoms with Crippen LogP contribution in [0.3, 0.4) is 0 Å². The number of methoxy groups -OCH3 is 1. The highest BCUT2D eigenvalue weighted by Crippen LogP contribution is 2.23. The Morgan fingerprint density at radius 3 is 3.00 bits per heavy atom. The molecule has 122 valence electrons. The average Bonchev–Trinajstić information content (AvgIpc) is 3.07. The maximum Gasteiger partial charge on any atom is 0.257 e. The number of amides is 1. The molecule has 23 heavy (non-hydrogen) atoms. The van der Waals surface area contributed by atoms with E-state index in [1.165, 1.54) is 19.2 Å². The number of benzene rings is 1. The Hall–Kier alpha value is -2.37. The van der Waals surface area contributed by atoms with E-state index in [0.717, 1.165) is 19.3 Å². The molecule has 0 radical (unpaired) electrons. The summed E-state index contributed by atoms with van der Waals surface area (Å²) in [5, 5.41) is 4.21. The number of likely N-dealkylation sites (tertiary alicyclic amines) is 1. The van der Waals surface area contributed by atoms with Gasteiger partial charge >= 0.3 is 0 Å². The van der Waals surface area contributed by atoms with Gasteiger partial charge in [-0.1, -0.05) is 0 Å². The second-order valence-electron chi connectivity index (χ2n) is 5.72. The van der Waals surface area contributed by atoms with E-state index in [-0.39, 0.29) is 17.5 Å². The molecule has 1 saturated heterocycles. The molecule has 1 aromatic heterocycles. The quantitative estimate of drug-likeness (QED) is 0.871. The third-order valence-corrected chi connectivity index (χ3v) is 4.25. The van der Waals surface area contributed by atoms with Gasteiger partial charge in [0.1, 0.15) is 11.6 Å². The minimum absolute atomic E-state index is 0.0395. The molecule has 0 N–H and O–H groups in total. The molecule has 1 fully saturated rings. The molecule has 0 spiro atoms. The monoisotopic (exact) mass is 317 g/mol. The second kappa shape index (κ2) is 6.81. The zero-order chi connectivity index (χ0) is 16.2. The molecule has 1 aromatic carbocycles. The smallest absolute Gasteiger partial charge is 0.257 e. The van der Waals surface area contributed by atoms with Crippen molar-refractivity contribution in [2.45, 2.75) is 31.8 Å². The number of hydrogen-bond donors (Lipinski definition) is 0. The van der Waals surface area contributed by atoms with E-state index < -0.39 is 5.82 Å². The molecule has 1 amide bonds. The summed E-state index contributed by atoms with van der Waals surface area (Å²) in [6, 6.07) is 6.26. The van der Waals surface area contributed by atoms with Gasteiger partial charge in [-0.2, -0.15) is 5.10 Å². The molecule has 0 unspecified atom stereocenters. The fourth-order valence-corrected chi connectivity index (χ4v) is 3.03. The molecular weight excluding hydrogens is 297 g/mol. The van der Waals surface area contributed by atoms with Crippen LogP contribution >= 0.6 is 0 Å². The highest BCUT2D eigenvalue weighted by atomic mass is 19.1. The average molecular weight is 317 g/mol. The van der Waals surface area contributed by atoms with Gasteiger partial charge < -0.3 is 9.64 Å². The number of halogens is 1. The number of piperidine rings is 1. The van der Waals surface area contributed by atoms with Crippen LogP contribution in [0.5, 0.6) is 5.75 Å². The zero-order valence-corrected chi connectivity index (χ0v) is 13.1. The normalized spacial score (nSPS) is 18.0. The van der Waals surface area contributed by atoms with Crippen molar-refractivity contribution in [2.75, 3.05) is 13.7 Å². The van der Waals surface area contributed by atoms with E-state index in [1.807, 2.05) is 16.9 Å². The first-order valence-corrected chi connectivity index (χ1v) is 7.81. The fraction of sp³-hybridized carbons (Fsp3) is 0.412. The summed E-state index contributed by atoms with van der Waals surface area (Å²) in [6.45, 7) is 1.28. The lowest BCUT2D eigenvalue weighted by molar-refractivity contribution is 0.0579. The molecule has 5 nitrogen and oxygen atoms in total. The van der Waals surface area contributed by atoms with Gasteiger partial charge in [0.15, 0.2) is 0 Å². The van der Waals surface area contributed by atoms with Crippen molar-refractivity contribution in [1.82, 2.24) is 14.7 Å². The lowest BCUT2D eigenvalue weighted by Crippen LogP contribution is -2.46. The van der Waals surface area contributed by atoms with Crippen LogP contribution in [-0.2, 0) is 6.54 Å². The molecule has 2 aromatic rings. The molecule has 1 aliphatic rings. The van der Waals surface area contributed by atoms with E-state index >= 15 is 0 Å². The highest BCUT2D eigenvalue weighted by Gasteiger charge is 2.29. The minimum Gasteiger partial charge on any atom is -0.497 e. The van der Waals surface area contributed by atoms with Gasteiger partial charge in [0, 0.05) is 25.0 Å². The summed E-state index contributed by atoms with van der Waals surface area (Å²) < 4.78 is 21.0. The summed E-state index contributed by atoms with van der Waals surface area (Å²) >= 11 is 0. The van der Waals surface area contributed by atoms with Crippen LogP contribution in [0.1, 0.15) is 29.6 Å². The van der Waals surface area contributed by atoms with Gasteiger partial charge in [0.05, 0.1) is 25.3 Å². The summed E-state index contributed by atoms with van der Waals surface area (Å²) in [4.78, 5) is 14.5. The molecule has 0 aliphatic carbocycles. The zero-order valence-electron chi connectivity index (χ0n) is 13.1. The molecule has 0 bridgehead atoms. The molecule has 1 aliphatic heterocycles. The van der Waals surface area contributed by atoms with Crippen molar-refractivity contribution >= 4 is 5.91 Å². The number of aromatic nitrogens is 2. The molecule has 3 rings (SSSR count). The topological polar surface area (TPSA) is 47.4 Å². The molecule has 6 heteroatoms. The maximum atomic E-state index is 14.2. The standard InChI is InChI=1S/C17H20FN3O2/c1-23-14-6-7-15(16(18)11-14)17(22)21-10-3-2-5-13(21)12-20-9-4-8-19-20/h4,6-9,11,13H,2-3,5,10,12H2,1H3/t13-/m1/s1. The SMILES string of the molecule is COc1ccc(C(=O)N2CCCC[C@@H]2Cn2cccn2)c(F)c1. The Labute approximate surface area is 134 Å². The van der Waals surface area contributed by atoms with Crippen molar-refractivity contribution in [2.24, 2.45) is 0 Å². The summed E-state index contributed by atoms with van der Waals surface area (Å²) in [7, 11) is 1.47. The number of nitrogens with zero attached hydrogens (tertiary/aromatic N) is 3. The van der Waals surface area contributed by atoms with E-state index in [1.54, 1.807) is 17.2 Å². The van der Waals surface area contributed by atoms with Crippen LogP contribution in [-0.4, -0.2) is 40.3 Å². The third-order valence-electron chi connectivity index (χ3n) is 4.25. The van der Waals surface area contributed by atoms with Crippen molar-refractivity contribution < 1.29 is 13.9 Å². The van der Waals surface area contributed by atoms with Crippen LogP contribution in [0.25, 0.3) is 0 Å². The van der Waals surface area contributed by atoms with Crippen LogP contribution < -0.4 is 4.74 Å². The lowest BCUT2D eigenvalue weighted by Gasteiger charge is -2.35. The Morgan fingerprint density at radius 1 is 1.43 bits per heavy atom. The first kappa shape index (κ1) is 15.5. The lowest BCUT2D eigenvalue weighted by atomic mass is 10.0. The Kier molecular flexibility index (Phi) is 4.60. The molecule has 0 saturated carbocycles. The van der Waals surface area contributed by atoms with Crippen molar-refractivity contribution in [3.63, 3.8) is 0 Å².